The number of nitrogens with zero attached hydrogens (tertiary/aromatic N) is 8. The number of amides is 4. The van der Waals surface area contributed by atoms with Crippen molar-refractivity contribution in [2.45, 2.75) is 109 Å². The van der Waals surface area contributed by atoms with Gasteiger partial charge in [-0.25, -0.2) is 14.4 Å². The monoisotopic (exact) mass is 1240 g/mol. The van der Waals surface area contributed by atoms with Gasteiger partial charge in [0.2, 0.25) is 29.6 Å². The summed E-state index contributed by atoms with van der Waals surface area (Å²) in [7, 11) is 1.76. The highest BCUT2D eigenvalue weighted by Gasteiger charge is 2.43. The zero-order chi connectivity index (χ0) is 62.8. The second kappa shape index (κ2) is 29.0. The summed E-state index contributed by atoms with van der Waals surface area (Å²) in [5.41, 5.74) is 5.02. The third-order valence-electron chi connectivity index (χ3n) is 17.1. The first-order valence-electron chi connectivity index (χ1n) is 30.9. The fourth-order valence-electron chi connectivity index (χ4n) is 12.3. The largest absolute Gasteiger partial charge is 0.508 e. The average Bonchev–Trinajstić information content (AvgIpc) is 1.09. The molecule has 4 aliphatic heterocycles. The van der Waals surface area contributed by atoms with Crippen LogP contribution in [0.25, 0.3) is 43.4 Å². The highest BCUT2D eigenvalue weighted by molar-refractivity contribution is 7.13. The lowest BCUT2D eigenvalue weighted by molar-refractivity contribution is -0.144. The minimum Gasteiger partial charge on any atom is -0.508 e. The molecule has 0 aliphatic carbocycles. The molecule has 0 radical (unpaired) electrons. The number of aromatic nitrogens is 4. The standard InChI is InChI=1S/C66H83FN12O9S/c1-8-44-11-9-12-46-33-49(80)34-50(55(44)46)57-56(67)58-51(36-68-57)61(77-37-47-18-19-48(38-77)72-47)75-64(74-58)78-39-66(6,40-78)71-22-20-54(82)76(7)24-26-86-28-30-88-32-31-87-29-27-85-25-21-53(81)73-60(65(3,4)5)63(84)79-23-10-13-52(79)62(83)69-35-43-14-16-45(17-15-43)59-42(2)70-41-89-59/h1,9,11-12,14-17,33-34,36,41,47-48,52,60,71-72,80H,10,13,18-32,35,37-40H2,2-7H3,(H,69,83)(H,73,81)/t47?,48?,52-,60+/m0/s1. The van der Waals surface area contributed by atoms with Crippen molar-refractivity contribution < 1.29 is 47.6 Å². The maximum atomic E-state index is 17.1. The van der Waals surface area contributed by atoms with Gasteiger partial charge >= 0.3 is 0 Å². The molecule has 4 saturated heterocycles. The Morgan fingerprint density at radius 2 is 1.61 bits per heavy atom. The van der Waals surface area contributed by atoms with Gasteiger partial charge in [-0.05, 0) is 79.7 Å². The van der Waals surface area contributed by atoms with E-state index in [4.69, 9.17) is 35.3 Å². The van der Waals surface area contributed by atoms with Crippen LogP contribution in [0.5, 0.6) is 5.75 Å². The number of likely N-dealkylation sites (tertiary alicyclic amines) is 1. The molecule has 7 heterocycles. The van der Waals surface area contributed by atoms with Gasteiger partial charge in [0.25, 0.3) is 0 Å². The Labute approximate surface area is 523 Å². The smallest absolute Gasteiger partial charge is 0.246 e. The first-order chi connectivity index (χ1) is 42.9. The fraction of sp³-hybridized carbons (Fsp3) is 0.515. The van der Waals surface area contributed by atoms with Gasteiger partial charge in [0, 0.05) is 107 Å². The lowest BCUT2D eigenvalue weighted by Crippen LogP contribution is -2.68. The van der Waals surface area contributed by atoms with E-state index in [1.165, 1.54) is 6.07 Å². The molecule has 2 unspecified atom stereocenters. The van der Waals surface area contributed by atoms with Crippen molar-refractivity contribution in [1.82, 2.24) is 51.0 Å². The molecular weight excluding hydrogens is 1160 g/mol. The minimum atomic E-state index is -0.826. The Balaban J connectivity index is 0.581. The van der Waals surface area contributed by atoms with Crippen LogP contribution in [0.3, 0.4) is 0 Å². The molecule has 3 aromatic carbocycles. The number of phenolic OH excluding ortho intramolecular Hbond substituents is 1. The molecule has 4 aliphatic rings. The summed E-state index contributed by atoms with van der Waals surface area (Å²) in [5.74, 6) is 2.28. The normalized spacial score (nSPS) is 18.3. The van der Waals surface area contributed by atoms with Crippen LogP contribution in [0.15, 0.2) is 66.3 Å². The Bertz CT molecular complexity index is 3520. The topological polar surface area (TPSA) is 238 Å². The van der Waals surface area contributed by atoms with E-state index in [2.05, 4.69) is 49.0 Å². The number of carbonyl (C=O) groups is 4. The van der Waals surface area contributed by atoms with Gasteiger partial charge in [0.15, 0.2) is 5.82 Å². The van der Waals surface area contributed by atoms with Crippen LogP contribution in [-0.4, -0.2) is 194 Å². The van der Waals surface area contributed by atoms with Gasteiger partial charge in [-0.1, -0.05) is 63.1 Å². The molecule has 4 atom stereocenters. The quantitative estimate of drug-likeness (QED) is 0.0266. The number of aryl methyl sites for hydroxylation is 1. The molecule has 5 N–H and O–H groups in total. The van der Waals surface area contributed by atoms with Crippen LogP contribution in [0.2, 0.25) is 0 Å². The van der Waals surface area contributed by atoms with E-state index in [1.54, 1.807) is 52.6 Å². The van der Waals surface area contributed by atoms with Crippen LogP contribution >= 0.6 is 11.3 Å². The van der Waals surface area contributed by atoms with Gasteiger partial charge in [0.1, 0.15) is 34.9 Å². The van der Waals surface area contributed by atoms with Crippen molar-refractivity contribution in [3.8, 4) is 39.8 Å². The van der Waals surface area contributed by atoms with Crippen LogP contribution in [0.1, 0.15) is 83.0 Å². The number of rotatable bonds is 28. The number of phenols is 1. The van der Waals surface area contributed by atoms with Crippen LogP contribution < -0.4 is 31.1 Å². The molecule has 474 valence electrons. The number of thiazole rings is 1. The number of likely N-dealkylation sites (N-methyl/N-ethyl adjacent to an activating group) is 1. The number of anilines is 2. The molecule has 4 amide bonds. The highest BCUT2D eigenvalue weighted by atomic mass is 32.1. The molecule has 0 saturated carbocycles. The van der Waals surface area contributed by atoms with Gasteiger partial charge in [-0.3, -0.25) is 24.2 Å². The number of fused-ring (bicyclic) bond motifs is 4. The molecule has 3 aromatic heterocycles. The van der Waals surface area contributed by atoms with Crippen molar-refractivity contribution in [3.05, 3.63) is 88.9 Å². The van der Waals surface area contributed by atoms with Gasteiger partial charge in [0.05, 0.1) is 79.9 Å². The first kappa shape index (κ1) is 64.6. The number of nitrogens with one attached hydrogen (secondary N) is 4. The number of hydrogen-bond acceptors (Lipinski definition) is 18. The number of ether oxygens (including phenoxy) is 4. The van der Waals surface area contributed by atoms with E-state index < -0.39 is 23.3 Å². The van der Waals surface area contributed by atoms with E-state index in [1.807, 2.05) is 68.4 Å². The maximum Gasteiger partial charge on any atom is 0.246 e. The average molecular weight is 1240 g/mol. The van der Waals surface area contributed by atoms with Crippen LogP contribution in [0.4, 0.5) is 16.2 Å². The van der Waals surface area contributed by atoms with E-state index in [0.717, 1.165) is 47.6 Å². The number of hydrogen-bond donors (Lipinski definition) is 5. The second-order valence-electron chi connectivity index (χ2n) is 25.0. The number of carbonyl (C=O) groups excluding carboxylic acids is 4. The lowest BCUT2D eigenvalue weighted by Gasteiger charge is -2.49. The summed E-state index contributed by atoms with van der Waals surface area (Å²) in [5, 5.41) is 25.7. The van der Waals surface area contributed by atoms with Crippen LogP contribution in [0, 0.1) is 30.5 Å². The zero-order valence-electron chi connectivity index (χ0n) is 51.9. The molecule has 21 nitrogen and oxygen atoms in total. The summed E-state index contributed by atoms with van der Waals surface area (Å²) in [6.07, 6.45) is 11.3. The highest BCUT2D eigenvalue weighted by Crippen LogP contribution is 2.40. The summed E-state index contributed by atoms with van der Waals surface area (Å²) in [6, 6.07) is 15.7. The van der Waals surface area contributed by atoms with Crippen molar-refractivity contribution in [2.24, 2.45) is 5.41 Å². The molecule has 23 heteroatoms. The Morgan fingerprint density at radius 3 is 2.28 bits per heavy atom. The third-order valence-corrected chi connectivity index (χ3v) is 18.0. The maximum absolute atomic E-state index is 17.1. The summed E-state index contributed by atoms with van der Waals surface area (Å²) >= 11 is 1.59. The fourth-order valence-corrected chi connectivity index (χ4v) is 13.1. The molecule has 89 heavy (non-hydrogen) atoms. The number of piperazine rings is 1. The number of aromatic hydroxyl groups is 1. The van der Waals surface area contributed by atoms with Crippen molar-refractivity contribution in [1.29, 1.82) is 0 Å². The van der Waals surface area contributed by atoms with E-state index in [-0.39, 0.29) is 65.8 Å². The molecule has 10 rings (SSSR count). The zero-order valence-corrected chi connectivity index (χ0v) is 52.7. The number of benzene rings is 3. The Hall–Kier alpha value is -7.43. The summed E-state index contributed by atoms with van der Waals surface area (Å²) < 4.78 is 39.8. The van der Waals surface area contributed by atoms with Gasteiger partial charge in [-0.15, -0.1) is 17.8 Å². The molecule has 4 fully saturated rings. The lowest BCUT2D eigenvalue weighted by atomic mass is 9.85. The van der Waals surface area contributed by atoms with Crippen molar-refractivity contribution in [2.75, 3.05) is 116 Å². The molecule has 2 bridgehead atoms. The SMILES string of the molecule is C#Cc1cccc2cc(O)cc(-c3ncc4c(N5CC6CCC(C5)N6)nc(N5CC(C)(NCCC(=O)N(C)CCOCCOCCOCCOCCC(=O)N[C@H](C(=O)N6CCC[C@H]6C(=O)NCc6ccc(-c7scnc7C)cc6)C(C)(C)C)C5)nc4c3F)c12. The first-order valence-corrected chi connectivity index (χ1v) is 31.8. The summed E-state index contributed by atoms with van der Waals surface area (Å²) in [6.45, 7) is 16.5. The molecular formula is C66H83FN12O9S. The van der Waals surface area contributed by atoms with Gasteiger partial charge in [-0.2, -0.15) is 4.98 Å². The van der Waals surface area contributed by atoms with Crippen molar-refractivity contribution >= 4 is 68.4 Å². The number of halogens is 1. The van der Waals surface area contributed by atoms with Crippen molar-refractivity contribution in [3.63, 3.8) is 0 Å². The van der Waals surface area contributed by atoms with E-state index in [9.17, 15) is 24.3 Å². The molecule has 6 aromatic rings. The number of pyridine rings is 1. The summed E-state index contributed by atoms with van der Waals surface area (Å²) in [4.78, 5) is 81.2. The predicted octanol–water partition coefficient (Wildman–Crippen LogP) is 6.36. The second-order valence-corrected chi connectivity index (χ2v) is 25.8. The minimum absolute atomic E-state index is 0.0174. The van der Waals surface area contributed by atoms with E-state index >= 15 is 4.39 Å². The Morgan fingerprint density at radius 1 is 0.910 bits per heavy atom. The van der Waals surface area contributed by atoms with Gasteiger partial charge < -0.3 is 64.9 Å². The van der Waals surface area contributed by atoms with Crippen LogP contribution in [-0.2, 0) is 44.7 Å². The molecule has 0 spiro atoms. The Kier molecular flexibility index (Phi) is 21.1. The van der Waals surface area contributed by atoms with E-state index in [0.29, 0.717) is 149 Å². The predicted molar refractivity (Wildman–Crippen MR) is 341 cm³/mol. The third kappa shape index (κ3) is 15.8. The number of terminal acetylenes is 1.